The number of unbranched alkanes of at least 4 members (excludes halogenated alkanes) is 1. The predicted molar refractivity (Wildman–Crippen MR) is 67.9 cm³/mol. The lowest BCUT2D eigenvalue weighted by Crippen LogP contribution is -2.18. The summed E-state index contributed by atoms with van der Waals surface area (Å²) in [6.07, 6.45) is 1.64. The van der Waals surface area contributed by atoms with Crippen LogP contribution in [0.5, 0.6) is 0 Å². The highest BCUT2D eigenvalue weighted by molar-refractivity contribution is 7.99. The van der Waals surface area contributed by atoms with Crippen LogP contribution < -0.4 is 5.73 Å². The van der Waals surface area contributed by atoms with Crippen molar-refractivity contribution in [3.8, 4) is 0 Å². The van der Waals surface area contributed by atoms with Crippen molar-refractivity contribution in [1.82, 2.24) is 14.8 Å². The minimum atomic E-state index is -0.491. The molecule has 98 valence electrons. The Bertz CT molecular complexity index is 332. The first-order chi connectivity index (χ1) is 8.15. The van der Waals surface area contributed by atoms with Crippen molar-refractivity contribution in [3.63, 3.8) is 0 Å². The van der Waals surface area contributed by atoms with Crippen molar-refractivity contribution in [2.24, 2.45) is 7.05 Å². The van der Waals surface area contributed by atoms with Gasteiger partial charge in [-0.05, 0) is 6.42 Å². The molecule has 0 fully saturated rings. The summed E-state index contributed by atoms with van der Waals surface area (Å²) in [4.78, 5) is 0. The lowest BCUT2D eigenvalue weighted by atomic mass is 10.3. The van der Waals surface area contributed by atoms with Crippen LogP contribution in [0.2, 0.25) is 0 Å². The predicted octanol–water partition coefficient (Wildman–Crippen LogP) is 0.667. The topological polar surface area (TPSA) is 86.2 Å². The number of hydrogen-bond acceptors (Lipinski definition) is 6. The largest absolute Gasteiger partial charge is 0.390 e. The standard InChI is InChI=1S/C10H20N4O2S/c1-3-4-5-16-6-8(15)7-17-10-13-12-9(11)14(10)2/h8,15H,3-7H2,1-2H3,(H2,11,12). The van der Waals surface area contributed by atoms with E-state index in [4.69, 9.17) is 10.5 Å². The molecule has 6 nitrogen and oxygen atoms in total. The highest BCUT2D eigenvalue weighted by atomic mass is 32.2. The number of aromatic nitrogens is 3. The zero-order valence-corrected chi connectivity index (χ0v) is 11.1. The van der Waals surface area contributed by atoms with E-state index >= 15 is 0 Å². The van der Waals surface area contributed by atoms with Gasteiger partial charge in [0.05, 0.1) is 12.7 Å². The van der Waals surface area contributed by atoms with Gasteiger partial charge in [-0.15, -0.1) is 10.2 Å². The van der Waals surface area contributed by atoms with Gasteiger partial charge in [0.15, 0.2) is 5.16 Å². The molecule has 1 unspecified atom stereocenters. The van der Waals surface area contributed by atoms with E-state index in [-0.39, 0.29) is 0 Å². The maximum absolute atomic E-state index is 9.67. The number of hydrogen-bond donors (Lipinski definition) is 2. The van der Waals surface area contributed by atoms with E-state index in [0.29, 0.717) is 30.1 Å². The molecule has 0 spiro atoms. The first-order valence-corrected chi connectivity index (χ1v) is 6.67. The minimum absolute atomic E-state index is 0.361. The molecule has 0 amide bonds. The second kappa shape index (κ2) is 7.52. The van der Waals surface area contributed by atoms with Gasteiger partial charge in [0.1, 0.15) is 0 Å². The maximum Gasteiger partial charge on any atom is 0.222 e. The number of nitrogens with two attached hydrogens (primary N) is 1. The zero-order valence-electron chi connectivity index (χ0n) is 10.3. The first kappa shape index (κ1) is 14.3. The fraction of sp³-hybridized carbons (Fsp3) is 0.800. The van der Waals surface area contributed by atoms with Crippen LogP contribution in [-0.2, 0) is 11.8 Å². The molecule has 3 N–H and O–H groups in total. The van der Waals surface area contributed by atoms with Gasteiger partial charge in [0, 0.05) is 19.4 Å². The molecule has 1 aromatic heterocycles. The molecule has 0 aromatic carbocycles. The smallest absolute Gasteiger partial charge is 0.222 e. The van der Waals surface area contributed by atoms with Crippen LogP contribution in [0.15, 0.2) is 5.16 Å². The van der Waals surface area contributed by atoms with Crippen molar-refractivity contribution in [2.45, 2.75) is 31.0 Å². The molecule has 0 aliphatic rings. The molecule has 0 saturated carbocycles. The van der Waals surface area contributed by atoms with Gasteiger partial charge >= 0.3 is 0 Å². The van der Waals surface area contributed by atoms with Gasteiger partial charge in [0.2, 0.25) is 5.95 Å². The lowest BCUT2D eigenvalue weighted by molar-refractivity contribution is 0.0473. The normalized spacial score (nSPS) is 12.9. The maximum atomic E-state index is 9.67. The minimum Gasteiger partial charge on any atom is -0.390 e. The van der Waals surface area contributed by atoms with Crippen LogP contribution >= 0.6 is 11.8 Å². The van der Waals surface area contributed by atoms with E-state index in [1.165, 1.54) is 11.8 Å². The summed E-state index contributed by atoms with van der Waals surface area (Å²) in [6, 6.07) is 0. The third kappa shape index (κ3) is 4.93. The molecule has 0 radical (unpaired) electrons. The second-order valence-corrected chi connectivity index (χ2v) is 4.78. The van der Waals surface area contributed by atoms with Gasteiger partial charge in [-0.3, -0.25) is 4.57 Å². The number of aliphatic hydroxyl groups excluding tert-OH is 1. The lowest BCUT2D eigenvalue weighted by Gasteiger charge is -2.10. The highest BCUT2D eigenvalue weighted by Gasteiger charge is 2.10. The van der Waals surface area contributed by atoms with Crippen molar-refractivity contribution in [3.05, 3.63) is 0 Å². The van der Waals surface area contributed by atoms with Crippen LogP contribution in [0.1, 0.15) is 19.8 Å². The Hall–Kier alpha value is -0.790. The number of nitrogens with zero attached hydrogens (tertiary/aromatic N) is 3. The first-order valence-electron chi connectivity index (χ1n) is 5.68. The van der Waals surface area contributed by atoms with Crippen molar-refractivity contribution >= 4 is 17.7 Å². The second-order valence-electron chi connectivity index (χ2n) is 3.79. The third-order valence-electron chi connectivity index (χ3n) is 2.23. The van der Waals surface area contributed by atoms with Gasteiger partial charge in [-0.25, -0.2) is 0 Å². The van der Waals surface area contributed by atoms with Crippen molar-refractivity contribution in [1.29, 1.82) is 0 Å². The monoisotopic (exact) mass is 260 g/mol. The molecule has 1 rings (SSSR count). The van der Waals surface area contributed by atoms with E-state index in [2.05, 4.69) is 17.1 Å². The Labute approximate surface area is 106 Å². The Balaban J connectivity index is 2.19. The Morgan fingerprint density at radius 2 is 2.29 bits per heavy atom. The van der Waals surface area contributed by atoms with E-state index in [1.807, 2.05) is 0 Å². The zero-order chi connectivity index (χ0) is 12.7. The molecule has 1 aromatic rings. The van der Waals surface area contributed by atoms with Crippen LogP contribution in [0.25, 0.3) is 0 Å². The Morgan fingerprint density at radius 3 is 2.88 bits per heavy atom. The van der Waals surface area contributed by atoms with E-state index in [9.17, 15) is 5.11 Å². The average Bonchev–Trinajstić information content (AvgIpc) is 2.63. The molecule has 1 atom stereocenters. The molecular formula is C10H20N4O2S. The van der Waals surface area contributed by atoms with Crippen molar-refractivity contribution < 1.29 is 9.84 Å². The summed E-state index contributed by atoms with van der Waals surface area (Å²) in [5, 5.41) is 18.0. The number of anilines is 1. The van der Waals surface area contributed by atoms with Crippen LogP contribution in [0.4, 0.5) is 5.95 Å². The fourth-order valence-corrected chi connectivity index (χ4v) is 1.96. The molecule has 0 bridgehead atoms. The third-order valence-corrected chi connectivity index (χ3v) is 3.39. The summed E-state index contributed by atoms with van der Waals surface area (Å²) in [5.41, 5.74) is 5.55. The Morgan fingerprint density at radius 1 is 1.53 bits per heavy atom. The summed E-state index contributed by atoms with van der Waals surface area (Å²) in [5.74, 6) is 0.902. The van der Waals surface area contributed by atoms with E-state index in [1.54, 1.807) is 11.6 Å². The molecule has 0 aliphatic carbocycles. The molecule has 7 heteroatoms. The number of aliphatic hydroxyl groups is 1. The number of ether oxygens (including phenoxy) is 1. The number of thioether (sulfide) groups is 1. The number of nitrogen functional groups attached to an aromatic ring is 1. The Kier molecular flexibility index (Phi) is 6.31. The molecule has 17 heavy (non-hydrogen) atoms. The summed E-state index contributed by atoms with van der Waals surface area (Å²) in [7, 11) is 1.79. The van der Waals surface area contributed by atoms with Gasteiger partial charge in [-0.2, -0.15) is 0 Å². The van der Waals surface area contributed by atoms with Gasteiger partial charge < -0.3 is 15.6 Å². The van der Waals surface area contributed by atoms with Crippen molar-refractivity contribution in [2.75, 3.05) is 24.7 Å². The average molecular weight is 260 g/mol. The highest BCUT2D eigenvalue weighted by Crippen LogP contribution is 2.17. The summed E-state index contributed by atoms with van der Waals surface area (Å²) < 4.78 is 7.02. The van der Waals surface area contributed by atoms with Gasteiger partial charge in [-0.1, -0.05) is 25.1 Å². The van der Waals surface area contributed by atoms with E-state index in [0.717, 1.165) is 12.8 Å². The molecule has 1 heterocycles. The van der Waals surface area contributed by atoms with Gasteiger partial charge in [0.25, 0.3) is 0 Å². The van der Waals surface area contributed by atoms with Crippen LogP contribution in [0, 0.1) is 0 Å². The SMILES string of the molecule is CCCCOCC(O)CSc1nnc(N)n1C. The summed E-state index contributed by atoms with van der Waals surface area (Å²) >= 11 is 1.42. The van der Waals surface area contributed by atoms with Crippen LogP contribution in [0.3, 0.4) is 0 Å². The summed E-state index contributed by atoms with van der Waals surface area (Å²) in [6.45, 7) is 3.17. The molecule has 0 saturated heterocycles. The number of rotatable bonds is 8. The molecular weight excluding hydrogens is 240 g/mol. The quantitative estimate of drug-likeness (QED) is 0.527. The van der Waals surface area contributed by atoms with Crippen LogP contribution in [-0.4, -0.2) is 44.9 Å². The van der Waals surface area contributed by atoms with E-state index < -0.39 is 6.10 Å². The fourth-order valence-electron chi connectivity index (χ4n) is 1.14. The molecule has 0 aliphatic heterocycles.